The Hall–Kier alpha value is -1.09. The summed E-state index contributed by atoms with van der Waals surface area (Å²) in [6.07, 6.45) is 2.66. The normalized spacial score (nSPS) is 11.2. The van der Waals surface area contributed by atoms with Crippen molar-refractivity contribution in [2.24, 2.45) is 0 Å². The van der Waals surface area contributed by atoms with Crippen molar-refractivity contribution in [2.45, 2.75) is 0 Å². The summed E-state index contributed by atoms with van der Waals surface area (Å²) in [5, 5.41) is 0. The molecule has 1 rings (SSSR count). The van der Waals surface area contributed by atoms with Crippen LogP contribution in [0.5, 0.6) is 0 Å². The lowest BCUT2D eigenvalue weighted by molar-refractivity contribution is -0.103. The summed E-state index contributed by atoms with van der Waals surface area (Å²) in [4.78, 5) is 12.7. The molecule has 0 radical (unpaired) electrons. The number of aldehydes is 1. The molecule has 0 saturated carbocycles. The first-order chi connectivity index (χ1) is 6.63. The molecule has 0 heterocycles. The Balaban J connectivity index is 3.07. The van der Waals surface area contributed by atoms with Gasteiger partial charge in [-0.3, -0.25) is 4.79 Å². The third kappa shape index (κ3) is 3.00. The van der Waals surface area contributed by atoms with E-state index in [2.05, 4.69) is 15.9 Å². The molecule has 3 heteroatoms. The third-order valence-electron chi connectivity index (χ3n) is 1.68. The Bertz CT molecular complexity index is 358. The van der Waals surface area contributed by atoms with Crippen LogP contribution in [0.4, 0.5) is 0 Å². The molecule has 1 aromatic rings. The van der Waals surface area contributed by atoms with Crippen molar-refractivity contribution >= 4 is 27.8 Å². The van der Waals surface area contributed by atoms with Gasteiger partial charge in [-0.2, -0.15) is 0 Å². The van der Waals surface area contributed by atoms with Gasteiger partial charge in [0.05, 0.1) is 0 Å². The second-order valence-corrected chi connectivity index (χ2v) is 4.09. The standard InChI is InChI=1S/C11H12BrNO/c1-13(2)7-10(8-14)9-4-3-5-11(12)6-9/h3-8H,1-2H3/b10-7+. The van der Waals surface area contributed by atoms with E-state index in [1.807, 2.05) is 43.3 Å². The van der Waals surface area contributed by atoms with Crippen molar-refractivity contribution in [3.05, 3.63) is 40.5 Å². The molecule has 0 aliphatic carbocycles. The molecular weight excluding hydrogens is 242 g/mol. The quantitative estimate of drug-likeness (QED) is 0.610. The van der Waals surface area contributed by atoms with Gasteiger partial charge in [0.1, 0.15) is 0 Å². The van der Waals surface area contributed by atoms with E-state index in [0.29, 0.717) is 5.57 Å². The van der Waals surface area contributed by atoms with Crippen LogP contribution in [0.25, 0.3) is 5.57 Å². The summed E-state index contributed by atoms with van der Waals surface area (Å²) in [6.45, 7) is 0. The largest absolute Gasteiger partial charge is 0.383 e. The number of carbonyl (C=O) groups excluding carboxylic acids is 1. The van der Waals surface area contributed by atoms with Crippen LogP contribution in [0, 0.1) is 0 Å². The van der Waals surface area contributed by atoms with Crippen LogP contribution in [-0.2, 0) is 4.79 Å². The third-order valence-corrected chi connectivity index (χ3v) is 2.18. The predicted molar refractivity (Wildman–Crippen MR) is 61.9 cm³/mol. The second kappa shape index (κ2) is 4.96. The number of carbonyl (C=O) groups is 1. The van der Waals surface area contributed by atoms with Gasteiger partial charge in [-0.05, 0) is 17.7 Å². The van der Waals surface area contributed by atoms with Crippen molar-refractivity contribution in [2.75, 3.05) is 14.1 Å². The fourth-order valence-electron chi connectivity index (χ4n) is 1.12. The number of hydrogen-bond donors (Lipinski definition) is 0. The van der Waals surface area contributed by atoms with Crippen LogP contribution in [0.3, 0.4) is 0 Å². The maximum atomic E-state index is 10.8. The van der Waals surface area contributed by atoms with Gasteiger partial charge >= 0.3 is 0 Å². The lowest BCUT2D eigenvalue weighted by atomic mass is 10.1. The molecule has 0 bridgehead atoms. The van der Waals surface area contributed by atoms with Gasteiger partial charge in [0.2, 0.25) is 0 Å². The van der Waals surface area contributed by atoms with Gasteiger partial charge in [0.25, 0.3) is 0 Å². The number of nitrogens with zero attached hydrogens (tertiary/aromatic N) is 1. The molecule has 0 spiro atoms. The van der Waals surface area contributed by atoms with Gasteiger partial charge in [-0.25, -0.2) is 0 Å². The van der Waals surface area contributed by atoms with E-state index in [0.717, 1.165) is 16.3 Å². The van der Waals surface area contributed by atoms with Crippen LogP contribution in [0.1, 0.15) is 5.56 Å². The maximum absolute atomic E-state index is 10.8. The van der Waals surface area contributed by atoms with Crippen molar-refractivity contribution in [3.63, 3.8) is 0 Å². The molecule has 0 aromatic heterocycles. The molecule has 74 valence electrons. The average Bonchev–Trinajstić information content (AvgIpc) is 2.14. The Morgan fingerprint density at radius 3 is 2.64 bits per heavy atom. The topological polar surface area (TPSA) is 20.3 Å². The molecule has 0 unspecified atom stereocenters. The first-order valence-corrected chi connectivity index (χ1v) is 5.02. The van der Waals surface area contributed by atoms with Crippen LogP contribution in [0.15, 0.2) is 34.9 Å². The van der Waals surface area contributed by atoms with Crippen molar-refractivity contribution < 1.29 is 4.79 Å². The van der Waals surface area contributed by atoms with E-state index in [1.54, 1.807) is 6.20 Å². The highest BCUT2D eigenvalue weighted by Gasteiger charge is 2.00. The number of rotatable bonds is 3. The highest BCUT2D eigenvalue weighted by molar-refractivity contribution is 9.10. The minimum absolute atomic E-state index is 0.677. The van der Waals surface area contributed by atoms with Gasteiger partial charge in [0, 0.05) is 30.3 Å². The van der Waals surface area contributed by atoms with E-state index >= 15 is 0 Å². The maximum Gasteiger partial charge on any atom is 0.152 e. The van der Waals surface area contributed by atoms with Crippen molar-refractivity contribution in [1.29, 1.82) is 0 Å². The summed E-state index contributed by atoms with van der Waals surface area (Å²) in [7, 11) is 3.78. The van der Waals surface area contributed by atoms with Gasteiger partial charge in [-0.1, -0.05) is 28.1 Å². The van der Waals surface area contributed by atoms with Crippen LogP contribution >= 0.6 is 15.9 Å². The molecular formula is C11H12BrNO. The molecule has 1 aromatic carbocycles. The van der Waals surface area contributed by atoms with Crippen LogP contribution in [-0.4, -0.2) is 25.3 Å². The summed E-state index contributed by atoms with van der Waals surface area (Å²) in [5.74, 6) is 0. The Morgan fingerprint density at radius 2 is 2.14 bits per heavy atom. The van der Waals surface area contributed by atoms with Crippen LogP contribution < -0.4 is 0 Å². The molecule has 14 heavy (non-hydrogen) atoms. The molecule has 0 fully saturated rings. The van der Waals surface area contributed by atoms with Gasteiger partial charge < -0.3 is 4.90 Å². The molecule has 0 aliphatic rings. The fraction of sp³-hybridized carbons (Fsp3) is 0.182. The van der Waals surface area contributed by atoms with E-state index in [4.69, 9.17) is 0 Å². The Labute approximate surface area is 92.4 Å². The zero-order valence-electron chi connectivity index (χ0n) is 8.20. The fourth-order valence-corrected chi connectivity index (χ4v) is 1.52. The van der Waals surface area contributed by atoms with Gasteiger partial charge in [0.15, 0.2) is 6.29 Å². The number of benzene rings is 1. The molecule has 0 aliphatic heterocycles. The van der Waals surface area contributed by atoms with Gasteiger partial charge in [-0.15, -0.1) is 0 Å². The minimum Gasteiger partial charge on any atom is -0.383 e. The molecule has 0 N–H and O–H groups in total. The lowest BCUT2D eigenvalue weighted by Gasteiger charge is -2.07. The summed E-state index contributed by atoms with van der Waals surface area (Å²) < 4.78 is 0.974. The highest BCUT2D eigenvalue weighted by Crippen LogP contribution is 2.17. The molecule has 0 atom stereocenters. The van der Waals surface area contributed by atoms with Crippen LogP contribution in [0.2, 0.25) is 0 Å². The van der Waals surface area contributed by atoms with Crippen molar-refractivity contribution in [1.82, 2.24) is 4.90 Å². The smallest absolute Gasteiger partial charge is 0.152 e. The van der Waals surface area contributed by atoms with Crippen molar-refractivity contribution in [3.8, 4) is 0 Å². The highest BCUT2D eigenvalue weighted by atomic mass is 79.9. The lowest BCUT2D eigenvalue weighted by Crippen LogP contribution is -2.03. The van der Waals surface area contributed by atoms with E-state index < -0.39 is 0 Å². The minimum atomic E-state index is 0.677. The van der Waals surface area contributed by atoms with E-state index in [1.165, 1.54) is 0 Å². The second-order valence-electron chi connectivity index (χ2n) is 3.18. The number of allylic oxidation sites excluding steroid dienone is 1. The molecule has 2 nitrogen and oxygen atoms in total. The average molecular weight is 254 g/mol. The number of hydrogen-bond acceptors (Lipinski definition) is 2. The summed E-state index contributed by atoms with van der Waals surface area (Å²) in [5.41, 5.74) is 1.60. The monoisotopic (exact) mass is 253 g/mol. The summed E-state index contributed by atoms with van der Waals surface area (Å²) >= 11 is 3.37. The molecule has 0 saturated heterocycles. The Morgan fingerprint density at radius 1 is 1.43 bits per heavy atom. The zero-order chi connectivity index (χ0) is 10.6. The molecule has 0 amide bonds. The first-order valence-electron chi connectivity index (χ1n) is 4.23. The Kier molecular flexibility index (Phi) is 3.89. The zero-order valence-corrected chi connectivity index (χ0v) is 9.78. The SMILES string of the molecule is CN(C)/C=C(\C=O)c1cccc(Br)c1. The summed E-state index contributed by atoms with van der Waals surface area (Å²) in [6, 6.07) is 7.67. The first kappa shape index (κ1) is 11.0. The van der Waals surface area contributed by atoms with E-state index in [9.17, 15) is 4.79 Å². The number of halogens is 1. The predicted octanol–water partition coefficient (Wildman–Crippen LogP) is 2.55. The van der Waals surface area contributed by atoms with E-state index in [-0.39, 0.29) is 0 Å².